The summed E-state index contributed by atoms with van der Waals surface area (Å²) < 4.78 is 0. The minimum absolute atomic E-state index is 0.108. The molecule has 2 rings (SSSR count). The molecule has 1 saturated heterocycles. The second-order valence-electron chi connectivity index (χ2n) is 3.10. The molecular weight excluding hydrogens is 196 g/mol. The molecule has 15 heavy (non-hydrogen) atoms. The first-order chi connectivity index (χ1) is 7.20. The lowest BCUT2D eigenvalue weighted by atomic mass is 10.2. The van der Waals surface area contributed by atoms with Crippen molar-refractivity contribution in [3.63, 3.8) is 0 Å². The number of imide groups is 3. The van der Waals surface area contributed by atoms with E-state index in [1.54, 1.807) is 0 Å². The van der Waals surface area contributed by atoms with E-state index in [1.807, 2.05) is 0 Å². The number of amides is 3. The zero-order chi connectivity index (χ0) is 10.8. The maximum absolute atomic E-state index is 11.7. The summed E-state index contributed by atoms with van der Waals surface area (Å²) in [5.74, 6) is -1.50. The molecule has 1 aromatic rings. The lowest BCUT2D eigenvalue weighted by Crippen LogP contribution is -2.35. The number of carbonyl (C=O) groups excluding carboxylic acids is 3. The molecule has 0 spiro atoms. The number of rotatable bonds is 1. The van der Waals surface area contributed by atoms with Gasteiger partial charge in [-0.2, -0.15) is 0 Å². The molecule has 5 nitrogen and oxygen atoms in total. The van der Waals surface area contributed by atoms with Crippen molar-refractivity contribution in [1.82, 2.24) is 9.88 Å². The Hall–Kier alpha value is -2.04. The number of likely N-dealkylation sites (tertiary alicyclic amines) is 1. The van der Waals surface area contributed by atoms with E-state index in [4.69, 9.17) is 0 Å². The van der Waals surface area contributed by atoms with Crippen LogP contribution in [0.1, 0.15) is 23.2 Å². The van der Waals surface area contributed by atoms with Crippen LogP contribution in [0, 0.1) is 6.20 Å². The molecule has 0 aromatic carbocycles. The highest BCUT2D eigenvalue weighted by atomic mass is 16.2. The van der Waals surface area contributed by atoms with Gasteiger partial charge in [0.25, 0.3) is 5.91 Å². The Kier molecular flexibility index (Phi) is 2.29. The molecule has 0 atom stereocenters. The molecule has 0 saturated carbocycles. The molecule has 2 heterocycles. The summed E-state index contributed by atoms with van der Waals surface area (Å²) in [6, 6.07) is 2.92. The second kappa shape index (κ2) is 3.61. The zero-order valence-electron chi connectivity index (χ0n) is 7.77. The van der Waals surface area contributed by atoms with Crippen molar-refractivity contribution in [2.45, 2.75) is 12.8 Å². The van der Waals surface area contributed by atoms with Gasteiger partial charge in [0.05, 0.1) is 11.8 Å². The van der Waals surface area contributed by atoms with Gasteiger partial charge in [-0.3, -0.25) is 19.4 Å². The molecule has 1 aliphatic heterocycles. The van der Waals surface area contributed by atoms with Crippen LogP contribution >= 0.6 is 0 Å². The highest BCUT2D eigenvalue weighted by Crippen LogP contribution is 2.15. The van der Waals surface area contributed by atoms with E-state index >= 15 is 0 Å². The van der Waals surface area contributed by atoms with Crippen molar-refractivity contribution in [1.29, 1.82) is 0 Å². The van der Waals surface area contributed by atoms with E-state index in [0.717, 1.165) is 0 Å². The van der Waals surface area contributed by atoms with Crippen molar-refractivity contribution in [2.24, 2.45) is 0 Å². The van der Waals surface area contributed by atoms with E-state index in [-0.39, 0.29) is 18.4 Å². The van der Waals surface area contributed by atoms with Gasteiger partial charge in [-0.15, -0.1) is 0 Å². The highest BCUT2D eigenvalue weighted by Gasteiger charge is 2.34. The lowest BCUT2D eigenvalue weighted by Gasteiger charge is -2.10. The molecule has 75 valence electrons. The Morgan fingerprint density at radius 3 is 2.53 bits per heavy atom. The minimum Gasteiger partial charge on any atom is -0.274 e. The largest absolute Gasteiger partial charge is 0.274 e. The molecule has 1 aliphatic rings. The van der Waals surface area contributed by atoms with Gasteiger partial charge in [-0.05, 0) is 12.1 Å². The Morgan fingerprint density at radius 2 is 2.00 bits per heavy atom. The van der Waals surface area contributed by atoms with Crippen LogP contribution < -0.4 is 0 Å². The van der Waals surface area contributed by atoms with Crippen LogP contribution in [-0.2, 0) is 9.59 Å². The molecule has 1 radical (unpaired) electrons. The maximum Gasteiger partial charge on any atom is 0.268 e. The Labute approximate surface area is 85.7 Å². The highest BCUT2D eigenvalue weighted by molar-refractivity contribution is 6.19. The Morgan fingerprint density at radius 1 is 1.33 bits per heavy atom. The third kappa shape index (κ3) is 1.63. The molecule has 0 N–H and O–H groups in total. The van der Waals surface area contributed by atoms with E-state index in [2.05, 4.69) is 11.2 Å². The number of hydrogen-bond acceptors (Lipinski definition) is 4. The standard InChI is InChI=1S/C10H7N2O3/c13-8-3-4-9(14)12(8)10(15)7-2-1-5-11-6-7/h1-2,6H,3-4H2. The van der Waals surface area contributed by atoms with Crippen molar-refractivity contribution in [3.05, 3.63) is 30.1 Å². The number of carbonyl (C=O) groups is 3. The van der Waals surface area contributed by atoms with Crippen LogP contribution in [-0.4, -0.2) is 27.6 Å². The summed E-state index contributed by atoms with van der Waals surface area (Å²) in [5.41, 5.74) is 0.220. The van der Waals surface area contributed by atoms with Crippen molar-refractivity contribution in [2.75, 3.05) is 0 Å². The predicted molar refractivity (Wildman–Crippen MR) is 48.5 cm³/mol. The summed E-state index contributed by atoms with van der Waals surface area (Å²) in [6.45, 7) is 0. The van der Waals surface area contributed by atoms with Crippen LogP contribution in [0.2, 0.25) is 0 Å². The van der Waals surface area contributed by atoms with Gasteiger partial charge in [0.2, 0.25) is 11.8 Å². The van der Waals surface area contributed by atoms with Gasteiger partial charge < -0.3 is 0 Å². The Balaban J connectivity index is 2.29. The number of hydrogen-bond donors (Lipinski definition) is 0. The average Bonchev–Trinajstić information content (AvgIpc) is 2.59. The number of aromatic nitrogens is 1. The van der Waals surface area contributed by atoms with Gasteiger partial charge >= 0.3 is 0 Å². The molecule has 0 aliphatic carbocycles. The normalized spacial score (nSPS) is 15.9. The Bertz CT molecular complexity index is 412. The SMILES string of the molecule is O=C1CCC(=O)N1C(=O)c1cc[c]nc1. The maximum atomic E-state index is 11.7. The molecule has 5 heteroatoms. The van der Waals surface area contributed by atoms with Crippen LogP contribution in [0.15, 0.2) is 18.3 Å². The fraction of sp³-hybridized carbons (Fsp3) is 0.200. The quantitative estimate of drug-likeness (QED) is 0.610. The summed E-state index contributed by atoms with van der Waals surface area (Å²) >= 11 is 0. The summed E-state index contributed by atoms with van der Waals surface area (Å²) in [5, 5.41) is 0. The van der Waals surface area contributed by atoms with Crippen LogP contribution in [0.4, 0.5) is 0 Å². The van der Waals surface area contributed by atoms with Crippen molar-refractivity contribution >= 4 is 17.7 Å². The molecule has 1 aromatic heterocycles. The monoisotopic (exact) mass is 203 g/mol. The molecule has 1 fully saturated rings. The predicted octanol–water partition coefficient (Wildman–Crippen LogP) is 0.171. The van der Waals surface area contributed by atoms with E-state index in [1.165, 1.54) is 18.3 Å². The summed E-state index contributed by atoms with van der Waals surface area (Å²) in [4.78, 5) is 38.5. The third-order valence-electron chi connectivity index (χ3n) is 2.12. The van der Waals surface area contributed by atoms with Gasteiger partial charge in [0.1, 0.15) is 0 Å². The lowest BCUT2D eigenvalue weighted by molar-refractivity contribution is -0.134. The molecular formula is C10H7N2O3. The van der Waals surface area contributed by atoms with Gasteiger partial charge in [-0.1, -0.05) is 0 Å². The van der Waals surface area contributed by atoms with Crippen molar-refractivity contribution in [3.8, 4) is 0 Å². The first kappa shape index (κ1) is 9.51. The smallest absolute Gasteiger partial charge is 0.268 e. The zero-order valence-corrected chi connectivity index (χ0v) is 7.77. The molecule has 0 bridgehead atoms. The first-order valence-corrected chi connectivity index (χ1v) is 4.42. The summed E-state index contributed by atoms with van der Waals surface area (Å²) in [7, 11) is 0. The minimum atomic E-state index is -0.607. The van der Waals surface area contributed by atoms with Crippen LogP contribution in [0.5, 0.6) is 0 Å². The first-order valence-electron chi connectivity index (χ1n) is 4.42. The average molecular weight is 203 g/mol. The van der Waals surface area contributed by atoms with Gasteiger partial charge in [0.15, 0.2) is 0 Å². The van der Waals surface area contributed by atoms with E-state index in [9.17, 15) is 14.4 Å². The number of nitrogens with zero attached hydrogens (tertiary/aromatic N) is 2. The second-order valence-corrected chi connectivity index (χ2v) is 3.10. The van der Waals surface area contributed by atoms with Crippen LogP contribution in [0.3, 0.4) is 0 Å². The van der Waals surface area contributed by atoms with Gasteiger partial charge in [-0.25, -0.2) is 4.90 Å². The van der Waals surface area contributed by atoms with E-state index in [0.29, 0.717) is 4.90 Å². The summed E-state index contributed by atoms with van der Waals surface area (Å²) in [6.07, 6.45) is 4.01. The van der Waals surface area contributed by atoms with Crippen LogP contribution in [0.25, 0.3) is 0 Å². The molecule has 0 unspecified atom stereocenters. The topological polar surface area (TPSA) is 67.3 Å². The fourth-order valence-electron chi connectivity index (χ4n) is 1.38. The van der Waals surface area contributed by atoms with E-state index < -0.39 is 17.7 Å². The van der Waals surface area contributed by atoms with Gasteiger partial charge in [0, 0.05) is 19.0 Å². The third-order valence-corrected chi connectivity index (χ3v) is 2.12. The van der Waals surface area contributed by atoms with Crippen molar-refractivity contribution < 1.29 is 14.4 Å². The number of pyridine rings is 1. The molecule has 3 amide bonds. The fourth-order valence-corrected chi connectivity index (χ4v) is 1.38.